The number of rotatable bonds is 4. The molecule has 166 valence electrons. The van der Waals surface area contributed by atoms with Gasteiger partial charge in [0.15, 0.2) is 0 Å². The number of barbiturate groups is 1. The van der Waals surface area contributed by atoms with Crippen molar-refractivity contribution >= 4 is 35.3 Å². The number of non-ortho nitro benzene ring substituents is 1. The van der Waals surface area contributed by atoms with E-state index >= 15 is 0 Å². The Morgan fingerprint density at radius 1 is 0.939 bits per heavy atom. The lowest BCUT2D eigenvalue weighted by atomic mass is 10.1. The molecule has 2 heterocycles. The van der Waals surface area contributed by atoms with Crippen molar-refractivity contribution in [3.05, 3.63) is 92.8 Å². The average molecular weight is 444 g/mol. The molecule has 4 amide bonds. The van der Waals surface area contributed by atoms with Crippen molar-refractivity contribution in [2.24, 2.45) is 0 Å². The first kappa shape index (κ1) is 21.7. The van der Waals surface area contributed by atoms with Crippen LogP contribution in [0.3, 0.4) is 0 Å². The van der Waals surface area contributed by atoms with Crippen LogP contribution >= 0.6 is 0 Å². The number of aromatic nitrogens is 1. The first-order valence-electron chi connectivity index (χ1n) is 10.1. The van der Waals surface area contributed by atoms with Crippen LogP contribution in [0, 0.1) is 30.9 Å². The SMILES string of the molecule is Cc1ccc(N2C(=O)NC(=O)C(=Cc3cc(C)n(-c4cccc([N+](=O)[O-])c4)c3C)C2=O)cc1. The van der Waals surface area contributed by atoms with Crippen molar-refractivity contribution in [1.82, 2.24) is 9.88 Å². The maximum atomic E-state index is 13.1. The Hall–Kier alpha value is -4.53. The molecule has 0 radical (unpaired) electrons. The molecule has 1 aliphatic heterocycles. The van der Waals surface area contributed by atoms with E-state index in [1.54, 1.807) is 54.0 Å². The monoisotopic (exact) mass is 444 g/mol. The summed E-state index contributed by atoms with van der Waals surface area (Å²) in [5, 5.41) is 13.4. The van der Waals surface area contributed by atoms with Gasteiger partial charge in [0, 0.05) is 23.5 Å². The highest BCUT2D eigenvalue weighted by molar-refractivity contribution is 6.39. The molecule has 0 aliphatic carbocycles. The molecule has 0 unspecified atom stereocenters. The lowest BCUT2D eigenvalue weighted by Crippen LogP contribution is -2.54. The van der Waals surface area contributed by atoms with Crippen molar-refractivity contribution in [3.63, 3.8) is 0 Å². The first-order chi connectivity index (χ1) is 15.7. The maximum Gasteiger partial charge on any atom is 0.335 e. The smallest absolute Gasteiger partial charge is 0.318 e. The normalized spacial score (nSPS) is 15.2. The van der Waals surface area contributed by atoms with E-state index in [0.717, 1.165) is 16.2 Å². The number of anilines is 1. The van der Waals surface area contributed by atoms with E-state index in [-0.39, 0.29) is 11.3 Å². The first-order valence-corrected chi connectivity index (χ1v) is 10.1. The lowest BCUT2D eigenvalue weighted by molar-refractivity contribution is -0.384. The number of aryl methyl sites for hydroxylation is 2. The zero-order valence-electron chi connectivity index (χ0n) is 18.2. The number of imide groups is 2. The van der Waals surface area contributed by atoms with E-state index < -0.39 is 22.8 Å². The van der Waals surface area contributed by atoms with Crippen LogP contribution in [-0.4, -0.2) is 27.3 Å². The zero-order valence-corrected chi connectivity index (χ0v) is 18.2. The second kappa shape index (κ2) is 8.19. The van der Waals surface area contributed by atoms with Gasteiger partial charge in [-0.15, -0.1) is 0 Å². The summed E-state index contributed by atoms with van der Waals surface area (Å²) in [6.07, 6.45) is 1.43. The minimum atomic E-state index is -0.812. The van der Waals surface area contributed by atoms with Gasteiger partial charge in [-0.1, -0.05) is 23.8 Å². The predicted molar refractivity (Wildman–Crippen MR) is 122 cm³/mol. The number of carbonyl (C=O) groups is 3. The van der Waals surface area contributed by atoms with Gasteiger partial charge in [0.25, 0.3) is 17.5 Å². The molecule has 33 heavy (non-hydrogen) atoms. The summed E-state index contributed by atoms with van der Waals surface area (Å²) in [7, 11) is 0. The molecule has 0 spiro atoms. The fraction of sp³-hybridized carbons (Fsp3) is 0.125. The zero-order chi connectivity index (χ0) is 23.9. The molecular formula is C24H20N4O5. The largest absolute Gasteiger partial charge is 0.335 e. The number of benzene rings is 2. The third kappa shape index (κ3) is 3.91. The van der Waals surface area contributed by atoms with Gasteiger partial charge in [0.05, 0.1) is 16.3 Å². The Balaban J connectivity index is 1.76. The van der Waals surface area contributed by atoms with E-state index in [1.165, 1.54) is 18.2 Å². The van der Waals surface area contributed by atoms with Crippen molar-refractivity contribution in [3.8, 4) is 5.69 Å². The number of amides is 4. The minimum absolute atomic E-state index is 0.0472. The number of hydrogen-bond donors (Lipinski definition) is 1. The van der Waals surface area contributed by atoms with Crippen LogP contribution in [0.2, 0.25) is 0 Å². The number of carbonyl (C=O) groups excluding carboxylic acids is 3. The van der Waals surface area contributed by atoms with Gasteiger partial charge in [-0.2, -0.15) is 0 Å². The summed E-state index contributed by atoms with van der Waals surface area (Å²) in [4.78, 5) is 49.6. The third-order valence-electron chi connectivity index (χ3n) is 5.46. The van der Waals surface area contributed by atoms with Crippen LogP contribution in [0.4, 0.5) is 16.2 Å². The molecule has 3 aromatic rings. The van der Waals surface area contributed by atoms with Gasteiger partial charge >= 0.3 is 6.03 Å². The van der Waals surface area contributed by atoms with Crippen LogP contribution in [0.15, 0.2) is 60.2 Å². The van der Waals surface area contributed by atoms with E-state index in [9.17, 15) is 24.5 Å². The number of nitro benzene ring substituents is 1. The number of nitrogens with one attached hydrogen (secondary N) is 1. The standard InChI is InChI=1S/C24H20N4O5/c1-14-7-9-18(10-8-14)27-23(30)21(22(29)25-24(27)31)12-17-11-15(2)26(16(17)3)19-5-4-6-20(13-19)28(32)33/h4-13H,1-3H3,(H,25,29,31). The molecule has 2 aromatic carbocycles. The molecule has 1 fully saturated rings. The van der Waals surface area contributed by atoms with Gasteiger partial charge in [-0.05, 0) is 56.7 Å². The molecule has 1 N–H and O–H groups in total. The highest BCUT2D eigenvalue weighted by atomic mass is 16.6. The van der Waals surface area contributed by atoms with Crippen LogP contribution < -0.4 is 10.2 Å². The van der Waals surface area contributed by atoms with Crippen molar-refractivity contribution in [2.45, 2.75) is 20.8 Å². The highest BCUT2D eigenvalue weighted by Crippen LogP contribution is 2.27. The summed E-state index contributed by atoms with van der Waals surface area (Å²) < 4.78 is 1.80. The summed E-state index contributed by atoms with van der Waals surface area (Å²) >= 11 is 0. The molecule has 1 aliphatic rings. The molecule has 0 saturated carbocycles. The Morgan fingerprint density at radius 3 is 2.30 bits per heavy atom. The maximum absolute atomic E-state index is 13.1. The fourth-order valence-corrected chi connectivity index (χ4v) is 3.82. The third-order valence-corrected chi connectivity index (χ3v) is 5.46. The van der Waals surface area contributed by atoms with Gasteiger partial charge < -0.3 is 4.57 Å². The van der Waals surface area contributed by atoms with E-state index in [1.807, 2.05) is 13.8 Å². The quantitative estimate of drug-likeness (QED) is 0.283. The topological polar surface area (TPSA) is 115 Å². The Labute approximate surface area is 189 Å². The Morgan fingerprint density at radius 2 is 1.64 bits per heavy atom. The molecule has 1 aromatic heterocycles. The molecule has 0 bridgehead atoms. The molecular weight excluding hydrogens is 424 g/mol. The lowest BCUT2D eigenvalue weighted by Gasteiger charge is -2.26. The van der Waals surface area contributed by atoms with Crippen molar-refractivity contribution in [2.75, 3.05) is 4.90 Å². The summed E-state index contributed by atoms with van der Waals surface area (Å²) in [6, 6.07) is 13.9. The molecule has 0 atom stereocenters. The summed E-state index contributed by atoms with van der Waals surface area (Å²) in [5.41, 5.74) is 3.68. The minimum Gasteiger partial charge on any atom is -0.318 e. The molecule has 9 nitrogen and oxygen atoms in total. The van der Waals surface area contributed by atoms with Crippen LogP contribution in [0.1, 0.15) is 22.5 Å². The summed E-state index contributed by atoms with van der Waals surface area (Å²) in [6.45, 7) is 5.49. The van der Waals surface area contributed by atoms with Crippen LogP contribution in [-0.2, 0) is 9.59 Å². The number of urea groups is 1. The van der Waals surface area contributed by atoms with E-state index in [2.05, 4.69) is 5.32 Å². The fourth-order valence-electron chi connectivity index (χ4n) is 3.82. The highest BCUT2D eigenvalue weighted by Gasteiger charge is 2.37. The van der Waals surface area contributed by atoms with Gasteiger partial charge in [0.1, 0.15) is 5.57 Å². The van der Waals surface area contributed by atoms with E-state index in [0.29, 0.717) is 22.6 Å². The average Bonchev–Trinajstić information content (AvgIpc) is 3.05. The Kier molecular flexibility index (Phi) is 5.39. The van der Waals surface area contributed by atoms with E-state index in [4.69, 9.17) is 0 Å². The second-order valence-corrected chi connectivity index (χ2v) is 7.73. The van der Waals surface area contributed by atoms with Gasteiger partial charge in [0.2, 0.25) is 0 Å². The second-order valence-electron chi connectivity index (χ2n) is 7.73. The van der Waals surface area contributed by atoms with Crippen molar-refractivity contribution < 1.29 is 19.3 Å². The van der Waals surface area contributed by atoms with Gasteiger partial charge in [-0.25, -0.2) is 9.69 Å². The number of nitro groups is 1. The van der Waals surface area contributed by atoms with Crippen molar-refractivity contribution in [1.29, 1.82) is 0 Å². The van der Waals surface area contributed by atoms with Crippen LogP contribution in [0.5, 0.6) is 0 Å². The predicted octanol–water partition coefficient (Wildman–Crippen LogP) is 3.98. The van der Waals surface area contributed by atoms with Crippen LogP contribution in [0.25, 0.3) is 11.8 Å². The Bertz CT molecular complexity index is 1350. The number of nitrogens with zero attached hydrogens (tertiary/aromatic N) is 3. The molecule has 9 heteroatoms. The van der Waals surface area contributed by atoms with Gasteiger partial charge in [-0.3, -0.25) is 25.0 Å². The molecule has 4 rings (SSSR count). The number of hydrogen-bond acceptors (Lipinski definition) is 5. The summed E-state index contributed by atoms with van der Waals surface area (Å²) in [5.74, 6) is -1.51. The molecule has 1 saturated heterocycles.